The van der Waals surface area contributed by atoms with Gasteiger partial charge in [0.05, 0.1) is 18.2 Å². The molecule has 1 unspecified atom stereocenters. The average Bonchev–Trinajstić information content (AvgIpc) is 3.23. The van der Waals surface area contributed by atoms with Crippen LogP contribution in [-0.4, -0.2) is 23.4 Å². The highest BCUT2D eigenvalue weighted by atomic mass is 16.5. The number of hydrogen-bond donors (Lipinski definition) is 1. The van der Waals surface area contributed by atoms with Crippen molar-refractivity contribution in [3.63, 3.8) is 0 Å². The number of ether oxygens (including phenoxy) is 2. The van der Waals surface area contributed by atoms with Crippen molar-refractivity contribution in [1.82, 2.24) is 0 Å². The molecule has 0 aromatic heterocycles. The first kappa shape index (κ1) is 24.5. The van der Waals surface area contributed by atoms with E-state index >= 15 is 0 Å². The van der Waals surface area contributed by atoms with Crippen molar-refractivity contribution in [1.29, 1.82) is 0 Å². The summed E-state index contributed by atoms with van der Waals surface area (Å²) in [6, 6.07) is 28.6. The third-order valence-corrected chi connectivity index (χ3v) is 7.09. The summed E-state index contributed by atoms with van der Waals surface area (Å²) in [7, 11) is 0. The van der Waals surface area contributed by atoms with Crippen LogP contribution in [0.5, 0.6) is 17.2 Å². The molecular weight excluding hydrogens is 490 g/mol. The molecule has 39 heavy (non-hydrogen) atoms. The minimum Gasteiger partial charge on any atom is -0.507 e. The van der Waals surface area contributed by atoms with E-state index < -0.39 is 17.7 Å². The number of aliphatic hydroxyl groups excluding tert-OH is 1. The summed E-state index contributed by atoms with van der Waals surface area (Å²) >= 11 is 0. The number of carbonyl (C=O) groups is 2. The molecule has 1 amide bonds. The molecule has 2 aliphatic rings. The molecule has 6 rings (SSSR count). The second-order valence-corrected chi connectivity index (χ2v) is 9.77. The molecule has 194 valence electrons. The molecule has 1 saturated heterocycles. The molecule has 2 aliphatic heterocycles. The van der Waals surface area contributed by atoms with Gasteiger partial charge >= 0.3 is 0 Å². The van der Waals surface area contributed by atoms with Gasteiger partial charge in [-0.1, -0.05) is 48.0 Å². The van der Waals surface area contributed by atoms with Crippen LogP contribution in [0.4, 0.5) is 5.69 Å². The molecule has 6 nitrogen and oxygen atoms in total. The number of aryl methyl sites for hydroxylation is 2. The SMILES string of the molecule is Cc1ccc(N2C(=O)C(=O)/C(=C(\O)c3ccc4c(c3)CCCO4)C2c2cccc(Oc3ccccc3)c2)cc1. The first-order chi connectivity index (χ1) is 19.0. The normalized spacial score (nSPS) is 18.0. The fraction of sp³-hybridized carbons (Fsp3) is 0.152. The number of amides is 1. The molecule has 1 N–H and O–H groups in total. The van der Waals surface area contributed by atoms with Crippen LogP contribution >= 0.6 is 0 Å². The van der Waals surface area contributed by atoms with Crippen LogP contribution in [0.1, 0.15) is 34.7 Å². The number of rotatable bonds is 5. The maximum atomic E-state index is 13.6. The fourth-order valence-corrected chi connectivity index (χ4v) is 5.16. The Morgan fingerprint density at radius 1 is 0.897 bits per heavy atom. The number of hydrogen-bond acceptors (Lipinski definition) is 5. The zero-order chi connectivity index (χ0) is 26.9. The van der Waals surface area contributed by atoms with E-state index in [4.69, 9.17) is 9.47 Å². The predicted molar refractivity (Wildman–Crippen MR) is 149 cm³/mol. The van der Waals surface area contributed by atoms with Gasteiger partial charge in [0, 0.05) is 11.3 Å². The van der Waals surface area contributed by atoms with Gasteiger partial charge in [0.1, 0.15) is 23.0 Å². The van der Waals surface area contributed by atoms with E-state index in [2.05, 4.69) is 0 Å². The Bertz CT molecular complexity index is 1590. The molecule has 0 bridgehead atoms. The Kier molecular flexibility index (Phi) is 6.37. The standard InChI is InChI=1S/C33H27NO5/c1-21-12-15-25(16-13-21)34-30(23-7-5-11-27(20-23)39-26-9-3-2-4-10-26)29(32(36)33(34)37)31(35)24-14-17-28-22(19-24)8-6-18-38-28/h2-5,7,9-17,19-20,30,35H,6,8,18H2,1H3/b31-29-. The van der Waals surface area contributed by atoms with E-state index in [1.807, 2.05) is 91.9 Å². The smallest absolute Gasteiger partial charge is 0.300 e. The zero-order valence-electron chi connectivity index (χ0n) is 21.5. The van der Waals surface area contributed by atoms with E-state index in [-0.39, 0.29) is 11.3 Å². The lowest BCUT2D eigenvalue weighted by molar-refractivity contribution is -0.132. The van der Waals surface area contributed by atoms with Crippen LogP contribution < -0.4 is 14.4 Å². The van der Waals surface area contributed by atoms with Crippen LogP contribution in [0.15, 0.2) is 103 Å². The Morgan fingerprint density at radius 3 is 2.46 bits per heavy atom. The summed E-state index contributed by atoms with van der Waals surface area (Å²) < 4.78 is 11.8. The van der Waals surface area contributed by atoms with Crippen molar-refractivity contribution in [3.8, 4) is 17.2 Å². The molecule has 0 aliphatic carbocycles. The van der Waals surface area contributed by atoms with Crippen molar-refractivity contribution in [2.75, 3.05) is 11.5 Å². The van der Waals surface area contributed by atoms with Gasteiger partial charge in [-0.25, -0.2) is 0 Å². The van der Waals surface area contributed by atoms with Gasteiger partial charge in [-0.2, -0.15) is 0 Å². The average molecular weight is 518 g/mol. The summed E-state index contributed by atoms with van der Waals surface area (Å²) in [5.74, 6) is 0.357. The Labute approximate surface area is 226 Å². The second kappa shape index (κ2) is 10.1. The van der Waals surface area contributed by atoms with E-state index in [1.165, 1.54) is 4.90 Å². The number of carbonyl (C=O) groups excluding carboxylic acids is 2. The zero-order valence-corrected chi connectivity index (χ0v) is 21.5. The Hall–Kier alpha value is -4.84. The molecule has 0 spiro atoms. The molecule has 0 saturated carbocycles. The summed E-state index contributed by atoms with van der Waals surface area (Å²) in [4.78, 5) is 28.5. The van der Waals surface area contributed by atoms with Crippen molar-refractivity contribution < 1.29 is 24.2 Å². The maximum absolute atomic E-state index is 13.6. The topological polar surface area (TPSA) is 76.1 Å². The van der Waals surface area contributed by atoms with E-state index in [0.717, 1.165) is 29.7 Å². The Morgan fingerprint density at radius 2 is 1.67 bits per heavy atom. The van der Waals surface area contributed by atoms with Crippen LogP contribution in [0.25, 0.3) is 5.76 Å². The third kappa shape index (κ3) is 4.66. The molecule has 0 radical (unpaired) electrons. The van der Waals surface area contributed by atoms with E-state index in [1.54, 1.807) is 12.1 Å². The number of benzene rings is 4. The minimum atomic E-state index is -0.848. The van der Waals surface area contributed by atoms with Crippen LogP contribution in [0.3, 0.4) is 0 Å². The lowest BCUT2D eigenvalue weighted by Crippen LogP contribution is -2.29. The molecular formula is C33H27NO5. The van der Waals surface area contributed by atoms with Crippen molar-refractivity contribution >= 4 is 23.1 Å². The number of Topliss-reactive ketones (excluding diaryl/α,β-unsaturated/α-hetero) is 1. The summed E-state index contributed by atoms with van der Waals surface area (Å²) in [6.45, 7) is 2.61. The number of ketones is 1. The minimum absolute atomic E-state index is 0.0362. The number of fused-ring (bicyclic) bond motifs is 1. The van der Waals surface area contributed by atoms with Crippen molar-refractivity contribution in [2.45, 2.75) is 25.8 Å². The van der Waals surface area contributed by atoms with Gasteiger partial charge in [0.25, 0.3) is 11.7 Å². The predicted octanol–water partition coefficient (Wildman–Crippen LogP) is 6.74. The van der Waals surface area contributed by atoms with E-state index in [0.29, 0.717) is 34.9 Å². The number of aliphatic hydroxyl groups is 1. The highest BCUT2D eigenvalue weighted by molar-refractivity contribution is 6.51. The first-order valence-corrected chi connectivity index (χ1v) is 13.0. The second-order valence-electron chi connectivity index (χ2n) is 9.77. The third-order valence-electron chi connectivity index (χ3n) is 7.09. The monoisotopic (exact) mass is 517 g/mol. The fourth-order valence-electron chi connectivity index (χ4n) is 5.16. The lowest BCUT2D eigenvalue weighted by atomic mass is 9.93. The quantitative estimate of drug-likeness (QED) is 0.180. The molecule has 1 atom stereocenters. The highest BCUT2D eigenvalue weighted by Crippen LogP contribution is 2.43. The van der Waals surface area contributed by atoms with Crippen molar-refractivity contribution in [3.05, 3.63) is 125 Å². The van der Waals surface area contributed by atoms with E-state index in [9.17, 15) is 14.7 Å². The van der Waals surface area contributed by atoms with Gasteiger partial charge in [-0.05, 0) is 85.5 Å². The number of nitrogens with zero attached hydrogens (tertiary/aromatic N) is 1. The molecule has 6 heteroatoms. The van der Waals surface area contributed by atoms with Gasteiger partial charge < -0.3 is 14.6 Å². The van der Waals surface area contributed by atoms with Gasteiger partial charge in [0.2, 0.25) is 0 Å². The van der Waals surface area contributed by atoms with Crippen molar-refractivity contribution in [2.24, 2.45) is 0 Å². The molecule has 1 fully saturated rings. The van der Waals surface area contributed by atoms with Gasteiger partial charge in [0.15, 0.2) is 0 Å². The maximum Gasteiger partial charge on any atom is 0.300 e. The molecule has 4 aromatic rings. The van der Waals surface area contributed by atoms with Gasteiger partial charge in [-0.3, -0.25) is 14.5 Å². The van der Waals surface area contributed by atoms with Crippen LogP contribution in [0, 0.1) is 6.92 Å². The number of para-hydroxylation sites is 1. The Balaban J connectivity index is 1.49. The summed E-state index contributed by atoms with van der Waals surface area (Å²) in [6.07, 6.45) is 1.69. The first-order valence-electron chi connectivity index (χ1n) is 13.0. The molecule has 2 heterocycles. The van der Waals surface area contributed by atoms with Crippen LogP contribution in [0.2, 0.25) is 0 Å². The lowest BCUT2D eigenvalue weighted by Gasteiger charge is -2.26. The van der Waals surface area contributed by atoms with Crippen LogP contribution in [-0.2, 0) is 16.0 Å². The summed E-state index contributed by atoms with van der Waals surface area (Å²) in [5, 5.41) is 11.6. The van der Waals surface area contributed by atoms with Gasteiger partial charge in [-0.15, -0.1) is 0 Å². The highest BCUT2D eigenvalue weighted by Gasteiger charge is 2.47. The molecule has 4 aromatic carbocycles. The number of anilines is 1. The summed E-state index contributed by atoms with van der Waals surface area (Å²) in [5.41, 5.74) is 3.72. The largest absolute Gasteiger partial charge is 0.507 e.